The van der Waals surface area contributed by atoms with Gasteiger partial charge >= 0.3 is 0 Å². The Kier molecular flexibility index (Phi) is 2.64. The second-order valence-electron chi connectivity index (χ2n) is 3.68. The van der Waals surface area contributed by atoms with Crippen LogP contribution in [-0.4, -0.2) is 14.2 Å². The highest BCUT2D eigenvalue weighted by Crippen LogP contribution is 2.39. The minimum atomic E-state index is -3.42. The smallest absolute Gasteiger partial charge is 0.200 e. The summed E-state index contributed by atoms with van der Waals surface area (Å²) in [6.07, 6.45) is 0.0932. The molecule has 16 heavy (non-hydrogen) atoms. The van der Waals surface area contributed by atoms with Gasteiger partial charge in [0.2, 0.25) is 9.84 Å². The summed E-state index contributed by atoms with van der Waals surface area (Å²) in [6, 6.07) is 4.71. The lowest BCUT2D eigenvalue weighted by Gasteiger charge is -2.04. The fourth-order valence-electron chi connectivity index (χ4n) is 1.76. The van der Waals surface area contributed by atoms with Crippen molar-refractivity contribution in [2.45, 2.75) is 18.2 Å². The van der Waals surface area contributed by atoms with Crippen LogP contribution in [0.4, 0.5) is 0 Å². The number of benzene rings is 1. The van der Waals surface area contributed by atoms with E-state index in [9.17, 15) is 13.2 Å². The Morgan fingerprint density at radius 2 is 2.06 bits per heavy atom. The van der Waals surface area contributed by atoms with Crippen LogP contribution in [0.25, 0.3) is 5.57 Å². The van der Waals surface area contributed by atoms with Crippen LogP contribution in [0.15, 0.2) is 28.5 Å². The SMILES string of the molecule is CC(=O)CC1=CS(=O)(=O)c2cccc(Cl)c21. The first kappa shape index (κ1) is 11.4. The number of ketones is 1. The Labute approximate surface area is 98.7 Å². The molecule has 3 nitrogen and oxygen atoms in total. The summed E-state index contributed by atoms with van der Waals surface area (Å²) in [4.78, 5) is 11.2. The van der Waals surface area contributed by atoms with Crippen molar-refractivity contribution >= 4 is 32.8 Å². The lowest BCUT2D eigenvalue weighted by Crippen LogP contribution is -1.94. The summed E-state index contributed by atoms with van der Waals surface area (Å²) >= 11 is 5.96. The minimum Gasteiger partial charge on any atom is -0.300 e. The van der Waals surface area contributed by atoms with Crippen LogP contribution in [0, 0.1) is 0 Å². The predicted octanol–water partition coefficient (Wildman–Crippen LogP) is 2.45. The van der Waals surface area contributed by atoms with Gasteiger partial charge in [0, 0.05) is 22.4 Å². The molecule has 1 aromatic carbocycles. The van der Waals surface area contributed by atoms with E-state index in [-0.39, 0.29) is 17.1 Å². The molecule has 0 atom stereocenters. The number of fused-ring (bicyclic) bond motifs is 1. The van der Waals surface area contributed by atoms with Crippen LogP contribution < -0.4 is 0 Å². The molecule has 1 aromatic rings. The van der Waals surface area contributed by atoms with Gasteiger partial charge in [-0.2, -0.15) is 0 Å². The lowest BCUT2D eigenvalue weighted by molar-refractivity contribution is -0.116. The Hall–Kier alpha value is -1.13. The molecule has 0 amide bonds. The van der Waals surface area contributed by atoms with Crippen LogP contribution in [0.2, 0.25) is 5.02 Å². The first-order valence-corrected chi connectivity index (χ1v) is 6.58. The average Bonchev–Trinajstić information content (AvgIpc) is 2.38. The molecule has 0 unspecified atom stereocenters. The number of sulfone groups is 1. The zero-order valence-corrected chi connectivity index (χ0v) is 10.1. The van der Waals surface area contributed by atoms with Crippen molar-refractivity contribution < 1.29 is 13.2 Å². The van der Waals surface area contributed by atoms with Crippen molar-refractivity contribution in [2.75, 3.05) is 0 Å². The van der Waals surface area contributed by atoms with Crippen molar-refractivity contribution in [3.8, 4) is 0 Å². The first-order valence-electron chi connectivity index (χ1n) is 4.66. The zero-order chi connectivity index (χ0) is 11.9. The van der Waals surface area contributed by atoms with E-state index < -0.39 is 9.84 Å². The van der Waals surface area contributed by atoms with Gasteiger partial charge in [-0.3, -0.25) is 4.79 Å². The highest BCUT2D eigenvalue weighted by Gasteiger charge is 2.28. The second kappa shape index (κ2) is 3.71. The molecule has 0 fully saturated rings. The van der Waals surface area contributed by atoms with E-state index in [0.29, 0.717) is 16.2 Å². The van der Waals surface area contributed by atoms with Crippen LogP contribution in [0.5, 0.6) is 0 Å². The van der Waals surface area contributed by atoms with Gasteiger partial charge < -0.3 is 0 Å². The molecule has 1 aliphatic heterocycles. The third-order valence-electron chi connectivity index (χ3n) is 2.34. The van der Waals surface area contributed by atoms with Crippen molar-refractivity contribution in [3.05, 3.63) is 34.2 Å². The van der Waals surface area contributed by atoms with Gasteiger partial charge in [0.05, 0.1) is 4.90 Å². The summed E-state index contributed by atoms with van der Waals surface area (Å²) in [6.45, 7) is 1.42. The first-order chi connectivity index (χ1) is 7.42. The summed E-state index contributed by atoms with van der Waals surface area (Å²) < 4.78 is 23.5. The Bertz CT molecular complexity index is 600. The molecule has 1 aliphatic rings. The molecule has 0 aromatic heterocycles. The average molecular weight is 257 g/mol. The fraction of sp³-hybridized carbons (Fsp3) is 0.182. The van der Waals surface area contributed by atoms with Gasteiger partial charge in [0.1, 0.15) is 5.78 Å². The summed E-state index contributed by atoms with van der Waals surface area (Å²) in [5.74, 6) is -0.0887. The minimum absolute atomic E-state index is 0.0887. The van der Waals surface area contributed by atoms with Gasteiger partial charge in [-0.05, 0) is 24.6 Å². The molecule has 0 saturated heterocycles. The van der Waals surface area contributed by atoms with Crippen LogP contribution in [-0.2, 0) is 14.6 Å². The summed E-state index contributed by atoms with van der Waals surface area (Å²) in [7, 11) is -3.42. The number of carbonyl (C=O) groups excluding carboxylic acids is 1. The number of Topliss-reactive ketones (excluding diaryl/α,β-unsaturated/α-hetero) is 1. The summed E-state index contributed by atoms with van der Waals surface area (Å²) in [5.41, 5.74) is 0.951. The van der Waals surface area contributed by atoms with E-state index in [1.807, 2.05) is 0 Å². The van der Waals surface area contributed by atoms with Gasteiger partial charge in [0.25, 0.3) is 0 Å². The maximum atomic E-state index is 11.8. The monoisotopic (exact) mass is 256 g/mol. The lowest BCUT2D eigenvalue weighted by atomic mass is 10.0. The normalized spacial score (nSPS) is 16.8. The third kappa shape index (κ3) is 1.79. The van der Waals surface area contributed by atoms with Crippen LogP contribution >= 0.6 is 11.6 Å². The Morgan fingerprint density at radius 3 is 2.69 bits per heavy atom. The van der Waals surface area contributed by atoms with E-state index in [2.05, 4.69) is 0 Å². The molecule has 0 spiro atoms. The summed E-state index contributed by atoms with van der Waals surface area (Å²) in [5, 5.41) is 1.50. The van der Waals surface area contributed by atoms with Crippen molar-refractivity contribution in [1.82, 2.24) is 0 Å². The van der Waals surface area contributed by atoms with Crippen LogP contribution in [0.3, 0.4) is 0 Å². The third-order valence-corrected chi connectivity index (χ3v) is 4.20. The number of rotatable bonds is 2. The standard InChI is InChI=1S/C11H9ClO3S/c1-7(13)5-8-6-16(14,15)10-4-2-3-9(12)11(8)10/h2-4,6H,5H2,1H3. The highest BCUT2D eigenvalue weighted by atomic mass is 35.5. The molecule has 2 rings (SSSR count). The largest absolute Gasteiger partial charge is 0.300 e. The van der Waals surface area contributed by atoms with E-state index in [1.165, 1.54) is 13.0 Å². The van der Waals surface area contributed by atoms with Gasteiger partial charge in [-0.15, -0.1) is 0 Å². The number of hydrogen-bond donors (Lipinski definition) is 0. The maximum absolute atomic E-state index is 11.8. The Balaban J connectivity index is 2.67. The number of halogens is 1. The molecule has 0 N–H and O–H groups in total. The molecule has 0 saturated carbocycles. The molecular formula is C11H9ClO3S. The van der Waals surface area contributed by atoms with E-state index in [4.69, 9.17) is 11.6 Å². The molecule has 0 aliphatic carbocycles. The molecular weight excluding hydrogens is 248 g/mol. The molecule has 84 valence electrons. The quantitative estimate of drug-likeness (QED) is 0.817. The highest BCUT2D eigenvalue weighted by molar-refractivity contribution is 7.95. The number of hydrogen-bond acceptors (Lipinski definition) is 3. The van der Waals surface area contributed by atoms with Crippen LogP contribution in [0.1, 0.15) is 18.9 Å². The number of carbonyl (C=O) groups is 1. The Morgan fingerprint density at radius 1 is 1.38 bits per heavy atom. The fourth-order valence-corrected chi connectivity index (χ4v) is 3.61. The maximum Gasteiger partial charge on any atom is 0.200 e. The van der Waals surface area contributed by atoms with Crippen molar-refractivity contribution in [2.24, 2.45) is 0 Å². The van der Waals surface area contributed by atoms with Crippen molar-refractivity contribution in [3.63, 3.8) is 0 Å². The topological polar surface area (TPSA) is 51.2 Å². The predicted molar refractivity (Wildman–Crippen MR) is 61.9 cm³/mol. The van der Waals surface area contributed by atoms with Crippen molar-refractivity contribution in [1.29, 1.82) is 0 Å². The molecule has 1 heterocycles. The second-order valence-corrected chi connectivity index (χ2v) is 5.85. The van der Waals surface area contributed by atoms with Gasteiger partial charge in [-0.25, -0.2) is 8.42 Å². The molecule has 0 radical (unpaired) electrons. The number of allylic oxidation sites excluding steroid dienone is 1. The molecule has 5 heteroatoms. The van der Waals surface area contributed by atoms with Gasteiger partial charge in [0.15, 0.2) is 0 Å². The van der Waals surface area contributed by atoms with Gasteiger partial charge in [-0.1, -0.05) is 17.7 Å². The zero-order valence-electron chi connectivity index (χ0n) is 8.53. The van der Waals surface area contributed by atoms with E-state index in [0.717, 1.165) is 5.41 Å². The van der Waals surface area contributed by atoms with E-state index in [1.54, 1.807) is 12.1 Å². The van der Waals surface area contributed by atoms with E-state index >= 15 is 0 Å². The molecule has 0 bridgehead atoms.